The second-order valence-electron chi connectivity index (χ2n) is 1.98. The standard InChI is InChI=1S/C7H9NO2/c9-5-7(10)6-2-1-3-8-4-6/h1-4,7,9-10H,5H2/t7-/m1/s1. The highest BCUT2D eigenvalue weighted by molar-refractivity contribution is 5.11. The van der Waals surface area contributed by atoms with Gasteiger partial charge < -0.3 is 10.2 Å². The van der Waals surface area contributed by atoms with Gasteiger partial charge in [0.05, 0.1) is 6.61 Å². The van der Waals surface area contributed by atoms with Crippen molar-refractivity contribution in [2.75, 3.05) is 6.61 Å². The van der Waals surface area contributed by atoms with E-state index in [4.69, 9.17) is 10.2 Å². The van der Waals surface area contributed by atoms with Crippen LogP contribution in [0.1, 0.15) is 11.7 Å². The van der Waals surface area contributed by atoms with Crippen molar-refractivity contribution in [3.8, 4) is 0 Å². The molecule has 3 heteroatoms. The number of pyridine rings is 1. The van der Waals surface area contributed by atoms with Gasteiger partial charge in [0, 0.05) is 18.0 Å². The molecule has 0 aromatic carbocycles. The van der Waals surface area contributed by atoms with E-state index in [0.29, 0.717) is 5.56 Å². The zero-order valence-electron chi connectivity index (χ0n) is 5.44. The minimum Gasteiger partial charge on any atom is -0.393 e. The van der Waals surface area contributed by atoms with Crippen LogP contribution in [0, 0.1) is 0 Å². The molecule has 1 aromatic heterocycles. The molecule has 1 heterocycles. The lowest BCUT2D eigenvalue weighted by molar-refractivity contribution is 0.0953. The first-order valence-corrected chi connectivity index (χ1v) is 3.03. The summed E-state index contributed by atoms with van der Waals surface area (Å²) in [5, 5.41) is 17.5. The van der Waals surface area contributed by atoms with E-state index in [0.717, 1.165) is 0 Å². The molecule has 0 radical (unpaired) electrons. The molecule has 0 spiro atoms. The van der Waals surface area contributed by atoms with Gasteiger partial charge in [-0.05, 0) is 6.07 Å². The molecular weight excluding hydrogens is 130 g/mol. The third-order valence-corrected chi connectivity index (χ3v) is 1.24. The quantitative estimate of drug-likeness (QED) is 0.611. The van der Waals surface area contributed by atoms with Crippen LogP contribution >= 0.6 is 0 Å². The van der Waals surface area contributed by atoms with Crippen LogP contribution in [0.15, 0.2) is 24.5 Å². The molecule has 0 aliphatic rings. The van der Waals surface area contributed by atoms with Gasteiger partial charge >= 0.3 is 0 Å². The van der Waals surface area contributed by atoms with Crippen LogP contribution in [0.5, 0.6) is 0 Å². The molecule has 1 atom stereocenters. The highest BCUT2D eigenvalue weighted by Crippen LogP contribution is 2.08. The lowest BCUT2D eigenvalue weighted by Gasteiger charge is -2.04. The predicted molar refractivity (Wildman–Crippen MR) is 36.3 cm³/mol. The fourth-order valence-electron chi connectivity index (χ4n) is 0.678. The Bertz CT molecular complexity index is 188. The van der Waals surface area contributed by atoms with Gasteiger partial charge in [0.15, 0.2) is 0 Å². The normalized spacial score (nSPS) is 13.0. The molecule has 54 valence electrons. The Morgan fingerprint density at radius 3 is 2.90 bits per heavy atom. The van der Waals surface area contributed by atoms with Crippen molar-refractivity contribution < 1.29 is 10.2 Å². The third kappa shape index (κ3) is 1.52. The second kappa shape index (κ2) is 3.29. The first kappa shape index (κ1) is 7.18. The summed E-state index contributed by atoms with van der Waals surface area (Å²) in [4.78, 5) is 3.78. The monoisotopic (exact) mass is 139 g/mol. The van der Waals surface area contributed by atoms with Gasteiger partial charge in [-0.3, -0.25) is 4.98 Å². The molecule has 0 amide bonds. The maximum absolute atomic E-state index is 9.04. The van der Waals surface area contributed by atoms with Gasteiger partial charge in [-0.1, -0.05) is 6.07 Å². The molecule has 0 aliphatic carbocycles. The summed E-state index contributed by atoms with van der Waals surface area (Å²) in [5.74, 6) is 0. The summed E-state index contributed by atoms with van der Waals surface area (Å²) in [5.41, 5.74) is 0.644. The van der Waals surface area contributed by atoms with Crippen LogP contribution in [0.3, 0.4) is 0 Å². The van der Waals surface area contributed by atoms with Crippen LogP contribution in [0.25, 0.3) is 0 Å². The first-order chi connectivity index (χ1) is 4.84. The third-order valence-electron chi connectivity index (χ3n) is 1.24. The van der Waals surface area contributed by atoms with Crippen LogP contribution in [-0.4, -0.2) is 21.8 Å². The van der Waals surface area contributed by atoms with Gasteiger partial charge in [-0.25, -0.2) is 0 Å². The van der Waals surface area contributed by atoms with E-state index in [2.05, 4.69) is 4.98 Å². The number of aromatic nitrogens is 1. The van der Waals surface area contributed by atoms with Crippen LogP contribution in [0.4, 0.5) is 0 Å². The van der Waals surface area contributed by atoms with E-state index in [9.17, 15) is 0 Å². The Labute approximate surface area is 59.0 Å². The molecule has 1 rings (SSSR count). The molecule has 1 aromatic rings. The zero-order chi connectivity index (χ0) is 7.40. The van der Waals surface area contributed by atoms with Crippen molar-refractivity contribution in [1.29, 1.82) is 0 Å². The van der Waals surface area contributed by atoms with E-state index in [1.165, 1.54) is 6.20 Å². The van der Waals surface area contributed by atoms with Crippen molar-refractivity contribution in [3.05, 3.63) is 30.1 Å². The smallest absolute Gasteiger partial charge is 0.104 e. The Balaban J connectivity index is 2.75. The average molecular weight is 139 g/mol. The number of hydrogen-bond donors (Lipinski definition) is 2. The molecule has 0 fully saturated rings. The number of nitrogens with zero attached hydrogens (tertiary/aromatic N) is 1. The Morgan fingerprint density at radius 1 is 1.60 bits per heavy atom. The molecule has 10 heavy (non-hydrogen) atoms. The maximum Gasteiger partial charge on any atom is 0.104 e. The molecule has 3 nitrogen and oxygen atoms in total. The van der Waals surface area contributed by atoms with Crippen molar-refractivity contribution in [2.45, 2.75) is 6.10 Å². The Hall–Kier alpha value is -0.930. The SMILES string of the molecule is OC[C@@H](O)c1cccnc1. The van der Waals surface area contributed by atoms with E-state index in [1.54, 1.807) is 18.3 Å². The lowest BCUT2D eigenvalue weighted by Crippen LogP contribution is -2.01. The Kier molecular flexibility index (Phi) is 2.36. The zero-order valence-corrected chi connectivity index (χ0v) is 5.44. The number of aliphatic hydroxyl groups excluding tert-OH is 2. The van der Waals surface area contributed by atoms with Crippen molar-refractivity contribution in [2.24, 2.45) is 0 Å². The summed E-state index contributed by atoms with van der Waals surface area (Å²) in [7, 11) is 0. The van der Waals surface area contributed by atoms with Crippen LogP contribution in [-0.2, 0) is 0 Å². The minimum absolute atomic E-state index is 0.258. The number of rotatable bonds is 2. The van der Waals surface area contributed by atoms with Crippen molar-refractivity contribution in [1.82, 2.24) is 4.98 Å². The highest BCUT2D eigenvalue weighted by atomic mass is 16.3. The highest BCUT2D eigenvalue weighted by Gasteiger charge is 2.02. The molecule has 0 saturated carbocycles. The maximum atomic E-state index is 9.04. The van der Waals surface area contributed by atoms with E-state index >= 15 is 0 Å². The predicted octanol–water partition coefficient (Wildman–Crippen LogP) is 0.107. The number of hydrogen-bond acceptors (Lipinski definition) is 3. The van der Waals surface area contributed by atoms with Gasteiger partial charge in [0.1, 0.15) is 6.10 Å². The van der Waals surface area contributed by atoms with Crippen LogP contribution < -0.4 is 0 Å². The second-order valence-corrected chi connectivity index (χ2v) is 1.98. The number of aliphatic hydroxyl groups is 2. The van der Waals surface area contributed by atoms with Crippen LogP contribution in [0.2, 0.25) is 0 Å². The summed E-state index contributed by atoms with van der Waals surface area (Å²) >= 11 is 0. The van der Waals surface area contributed by atoms with Crippen molar-refractivity contribution >= 4 is 0 Å². The summed E-state index contributed by atoms with van der Waals surface area (Å²) in [6.07, 6.45) is 2.35. The molecule has 2 N–H and O–H groups in total. The lowest BCUT2D eigenvalue weighted by atomic mass is 10.2. The van der Waals surface area contributed by atoms with Gasteiger partial charge in [0.2, 0.25) is 0 Å². The summed E-state index contributed by atoms with van der Waals surface area (Å²) in [6.45, 7) is -0.258. The Morgan fingerprint density at radius 2 is 2.40 bits per heavy atom. The van der Waals surface area contributed by atoms with E-state index in [1.807, 2.05) is 0 Å². The average Bonchev–Trinajstić information content (AvgIpc) is 2.05. The van der Waals surface area contributed by atoms with E-state index < -0.39 is 6.10 Å². The molecule has 0 bridgehead atoms. The van der Waals surface area contributed by atoms with E-state index in [-0.39, 0.29) is 6.61 Å². The molecule has 0 saturated heterocycles. The molecule has 0 aliphatic heterocycles. The fourth-order valence-corrected chi connectivity index (χ4v) is 0.678. The van der Waals surface area contributed by atoms with Gasteiger partial charge in [-0.2, -0.15) is 0 Å². The largest absolute Gasteiger partial charge is 0.393 e. The van der Waals surface area contributed by atoms with Crippen molar-refractivity contribution in [3.63, 3.8) is 0 Å². The summed E-state index contributed by atoms with van der Waals surface area (Å²) in [6, 6.07) is 3.43. The van der Waals surface area contributed by atoms with Gasteiger partial charge in [-0.15, -0.1) is 0 Å². The molecular formula is C7H9NO2. The minimum atomic E-state index is -0.798. The topological polar surface area (TPSA) is 53.4 Å². The van der Waals surface area contributed by atoms with Gasteiger partial charge in [0.25, 0.3) is 0 Å². The summed E-state index contributed by atoms with van der Waals surface area (Å²) < 4.78 is 0. The fraction of sp³-hybridized carbons (Fsp3) is 0.286. The molecule has 0 unspecified atom stereocenters. The first-order valence-electron chi connectivity index (χ1n) is 3.03.